The Bertz CT molecular complexity index is 378. The smallest absolute Gasteiger partial charge is 0.246 e. The molecule has 3 unspecified atom stereocenters. The van der Waals surface area contributed by atoms with Crippen molar-refractivity contribution < 1.29 is 57.1 Å². The van der Waals surface area contributed by atoms with Gasteiger partial charge in [0.2, 0.25) is 6.17 Å². The molecule has 0 aromatic carbocycles. The lowest BCUT2D eigenvalue weighted by molar-refractivity contribution is -0.382. The van der Waals surface area contributed by atoms with Gasteiger partial charge in [0.25, 0.3) is 6.43 Å². The van der Waals surface area contributed by atoms with Crippen LogP contribution in [-0.2, 0) is 0 Å². The standard InChI is InChI=1S/C8H7F13Si/c9-1(3(11)12)2(10)5(14,15)7(18,19)8(20,21)6(16,17)4(13)22/h1-4H,22H3. The molecule has 0 saturated heterocycles. The Balaban J connectivity index is 5.89. The van der Waals surface area contributed by atoms with Gasteiger partial charge in [0.15, 0.2) is 6.17 Å². The molecule has 0 saturated carbocycles. The first kappa shape index (κ1) is 21.3. The Morgan fingerprint density at radius 1 is 0.591 bits per heavy atom. The van der Waals surface area contributed by atoms with E-state index in [9.17, 15) is 57.1 Å². The molecule has 22 heavy (non-hydrogen) atoms. The lowest BCUT2D eigenvalue weighted by Crippen LogP contribution is -2.68. The molecule has 0 spiro atoms. The van der Waals surface area contributed by atoms with Crippen LogP contribution in [0.25, 0.3) is 0 Å². The first-order valence-corrected chi connectivity index (χ1v) is 6.33. The molecule has 0 aromatic rings. The molecule has 3 atom stereocenters. The van der Waals surface area contributed by atoms with E-state index in [0.29, 0.717) is 0 Å². The molecule has 0 aromatic heterocycles. The fourth-order valence-corrected chi connectivity index (χ4v) is 1.53. The van der Waals surface area contributed by atoms with Gasteiger partial charge in [-0.05, 0) is 0 Å². The third-order valence-corrected chi connectivity index (χ3v) is 3.32. The van der Waals surface area contributed by atoms with Gasteiger partial charge in [-0.15, -0.1) is 0 Å². The zero-order valence-electron chi connectivity index (χ0n) is 10.2. The predicted octanol–water partition coefficient (Wildman–Crippen LogP) is 3.13. The summed E-state index contributed by atoms with van der Waals surface area (Å²) in [5.74, 6) is -31.7. The van der Waals surface area contributed by atoms with Crippen molar-refractivity contribution in [1.29, 1.82) is 0 Å². The molecule has 0 fully saturated rings. The van der Waals surface area contributed by atoms with E-state index in [4.69, 9.17) is 0 Å². The van der Waals surface area contributed by atoms with Gasteiger partial charge in [-0.2, -0.15) is 35.1 Å². The van der Waals surface area contributed by atoms with Crippen LogP contribution in [0.1, 0.15) is 0 Å². The summed E-state index contributed by atoms with van der Waals surface area (Å²) in [4.78, 5) is 0. The van der Waals surface area contributed by atoms with Gasteiger partial charge < -0.3 is 0 Å². The van der Waals surface area contributed by atoms with Crippen molar-refractivity contribution in [2.45, 2.75) is 48.3 Å². The molecule has 14 heteroatoms. The number of rotatable bonds is 7. The van der Waals surface area contributed by atoms with Crippen molar-refractivity contribution in [3.05, 3.63) is 0 Å². The average molecular weight is 378 g/mol. The van der Waals surface area contributed by atoms with Crippen LogP contribution in [0, 0.1) is 0 Å². The Kier molecular flexibility index (Phi) is 5.88. The van der Waals surface area contributed by atoms with Gasteiger partial charge in [-0.1, -0.05) is 0 Å². The molecule has 0 aliphatic carbocycles. The van der Waals surface area contributed by atoms with Gasteiger partial charge in [0.05, 0.1) is 10.2 Å². The lowest BCUT2D eigenvalue weighted by atomic mass is 9.94. The molecule has 0 aliphatic heterocycles. The molecular formula is C8H7F13Si. The maximum absolute atomic E-state index is 12.9. The molecule has 0 bridgehead atoms. The molecule has 0 nitrogen and oxygen atoms in total. The first-order valence-electron chi connectivity index (χ1n) is 5.17. The van der Waals surface area contributed by atoms with E-state index in [-0.39, 0.29) is 0 Å². The predicted molar refractivity (Wildman–Crippen MR) is 50.4 cm³/mol. The van der Waals surface area contributed by atoms with Crippen molar-refractivity contribution in [2.24, 2.45) is 0 Å². The highest BCUT2D eigenvalue weighted by Crippen LogP contribution is 2.55. The second-order valence-corrected chi connectivity index (χ2v) is 5.21. The van der Waals surface area contributed by atoms with E-state index >= 15 is 0 Å². The summed E-state index contributed by atoms with van der Waals surface area (Å²) in [6.45, 7) is 0. The summed E-state index contributed by atoms with van der Waals surface area (Å²) < 4.78 is 163. The number of hydrogen-bond donors (Lipinski definition) is 0. The summed E-state index contributed by atoms with van der Waals surface area (Å²) in [7, 11) is -1.49. The summed E-state index contributed by atoms with van der Waals surface area (Å²) >= 11 is 0. The summed E-state index contributed by atoms with van der Waals surface area (Å²) in [6.07, 6.45) is -14.5. The minimum Gasteiger partial charge on any atom is -0.246 e. The van der Waals surface area contributed by atoms with Gasteiger partial charge in [-0.25, -0.2) is 22.0 Å². The van der Waals surface area contributed by atoms with Crippen LogP contribution in [0.2, 0.25) is 0 Å². The molecule has 0 radical (unpaired) electrons. The van der Waals surface area contributed by atoms with Crippen molar-refractivity contribution >= 4 is 10.2 Å². The van der Waals surface area contributed by atoms with E-state index in [1.165, 1.54) is 0 Å². The minimum atomic E-state index is -7.34. The summed E-state index contributed by atoms with van der Waals surface area (Å²) in [6, 6.07) is 0. The van der Waals surface area contributed by atoms with Gasteiger partial charge in [0.1, 0.15) is 5.79 Å². The van der Waals surface area contributed by atoms with Crippen LogP contribution in [0.5, 0.6) is 0 Å². The highest BCUT2D eigenvalue weighted by Gasteiger charge is 2.84. The van der Waals surface area contributed by atoms with Crippen molar-refractivity contribution in [3.8, 4) is 0 Å². The molecule has 0 rings (SSSR count). The van der Waals surface area contributed by atoms with Crippen molar-refractivity contribution in [3.63, 3.8) is 0 Å². The van der Waals surface area contributed by atoms with Gasteiger partial charge in [0, 0.05) is 0 Å². The van der Waals surface area contributed by atoms with Gasteiger partial charge in [-0.3, -0.25) is 0 Å². The maximum atomic E-state index is 12.9. The second kappa shape index (κ2) is 6.07. The van der Waals surface area contributed by atoms with Crippen LogP contribution >= 0.6 is 0 Å². The van der Waals surface area contributed by atoms with E-state index in [0.717, 1.165) is 0 Å². The Hall–Kier alpha value is -0.693. The van der Waals surface area contributed by atoms with Crippen molar-refractivity contribution in [2.75, 3.05) is 0 Å². The molecule has 0 heterocycles. The minimum absolute atomic E-state index is 1.49. The highest BCUT2D eigenvalue weighted by atomic mass is 28.1. The largest absolute Gasteiger partial charge is 0.381 e. The van der Waals surface area contributed by atoms with Gasteiger partial charge >= 0.3 is 23.7 Å². The van der Waals surface area contributed by atoms with Crippen molar-refractivity contribution in [1.82, 2.24) is 0 Å². The molecule has 0 amide bonds. The monoisotopic (exact) mass is 378 g/mol. The summed E-state index contributed by atoms with van der Waals surface area (Å²) in [5, 5.41) is 0. The zero-order chi connectivity index (χ0) is 18.3. The van der Waals surface area contributed by atoms with Crippen LogP contribution in [0.3, 0.4) is 0 Å². The topological polar surface area (TPSA) is 0 Å². The quantitative estimate of drug-likeness (QED) is 0.472. The Labute approximate surface area is 117 Å². The second-order valence-electron chi connectivity index (χ2n) is 4.19. The fourth-order valence-electron chi connectivity index (χ4n) is 1.17. The van der Waals surface area contributed by atoms with E-state index < -0.39 is 58.5 Å². The molecule has 0 aliphatic rings. The Morgan fingerprint density at radius 2 is 0.909 bits per heavy atom. The molecular weight excluding hydrogens is 371 g/mol. The third kappa shape index (κ3) is 3.02. The maximum Gasteiger partial charge on any atom is 0.381 e. The third-order valence-electron chi connectivity index (χ3n) is 2.60. The van der Waals surface area contributed by atoms with Crippen LogP contribution < -0.4 is 0 Å². The first-order chi connectivity index (χ1) is 9.46. The van der Waals surface area contributed by atoms with E-state index in [1.807, 2.05) is 0 Å². The lowest BCUT2D eigenvalue weighted by Gasteiger charge is -2.38. The summed E-state index contributed by atoms with van der Waals surface area (Å²) in [5.41, 5.74) is 0. The molecule has 0 N–H and O–H groups in total. The van der Waals surface area contributed by atoms with Crippen LogP contribution in [0.15, 0.2) is 0 Å². The zero-order valence-corrected chi connectivity index (χ0v) is 12.2. The fraction of sp³-hybridized carbons (Fsp3) is 1.00. The number of alkyl halides is 13. The van der Waals surface area contributed by atoms with E-state index in [1.54, 1.807) is 0 Å². The number of halogens is 13. The highest BCUT2D eigenvalue weighted by molar-refractivity contribution is 6.11. The Morgan fingerprint density at radius 3 is 1.18 bits per heavy atom. The SMILES string of the molecule is FC(F)C(F)C(F)C(F)(F)C(F)(F)C(F)(F)C(F)(F)C(F)[SiH3]. The number of hydrogen-bond acceptors (Lipinski definition) is 0. The molecule has 134 valence electrons. The van der Waals surface area contributed by atoms with Crippen LogP contribution in [-0.4, -0.2) is 58.5 Å². The average Bonchev–Trinajstić information content (AvgIpc) is 2.35. The van der Waals surface area contributed by atoms with Crippen LogP contribution in [0.4, 0.5) is 57.1 Å². The van der Waals surface area contributed by atoms with E-state index in [2.05, 4.69) is 0 Å². The normalized spacial score (nSPS) is 19.4.